The van der Waals surface area contributed by atoms with Crippen LogP contribution in [0.25, 0.3) is 60.6 Å². The topological polar surface area (TPSA) is 37.7 Å². The average molecular weight is 940 g/mol. The van der Waals surface area contributed by atoms with Crippen LogP contribution in [0.5, 0.6) is 0 Å². The zero-order valence-electron chi connectivity index (χ0n) is 43.7. The Morgan fingerprint density at radius 2 is 0.917 bits per heavy atom. The molecule has 0 unspecified atom stereocenters. The second kappa shape index (κ2) is 15.1. The molecule has 356 valence electrons. The maximum atomic E-state index is 7.06. The minimum absolute atomic E-state index is 0.00102. The molecule has 0 saturated carbocycles. The summed E-state index contributed by atoms with van der Waals surface area (Å²) in [5.41, 5.74) is 22.3. The lowest BCUT2D eigenvalue weighted by atomic mass is 9.33. The van der Waals surface area contributed by atoms with Crippen LogP contribution in [-0.4, -0.2) is 11.3 Å². The molecule has 0 fully saturated rings. The van der Waals surface area contributed by atoms with Crippen molar-refractivity contribution in [2.45, 2.75) is 105 Å². The first-order chi connectivity index (χ1) is 34.2. The van der Waals surface area contributed by atoms with Crippen LogP contribution < -0.4 is 26.2 Å². The maximum absolute atomic E-state index is 7.06. The molecule has 0 aliphatic carbocycles. The summed E-state index contributed by atoms with van der Waals surface area (Å²) >= 11 is 0. The summed E-state index contributed by atoms with van der Waals surface area (Å²) in [6.45, 7) is 27.6. The number of nitrogens with zero attached hydrogens (tertiary/aromatic N) is 3. The third-order valence-corrected chi connectivity index (χ3v) is 15.8. The summed E-state index contributed by atoms with van der Waals surface area (Å²) in [5, 5.41) is 4.46. The standard InChI is InChI=1S/C66H62BN3O2/c1-63(2,3)39-24-29-43(30-25-39)68(44-31-26-40(27-32-44)64(4,5)6)45-37-54-58-55(38-45)70-59-49(62-60(70)48-19-14-16-23-57(48)72-62)34-42(66(10,11)12)35-51(59)67(58)50-33-28-41(65(7,8)9)36-53(50)69(54)52-21-17-20-47-46-18-13-15-22-56(46)71-61(47)52/h13-38H,1-12H3. The van der Waals surface area contributed by atoms with Gasteiger partial charge in [-0.1, -0.05) is 168 Å². The van der Waals surface area contributed by atoms with E-state index >= 15 is 0 Å². The van der Waals surface area contributed by atoms with Gasteiger partial charge in [-0.15, -0.1) is 0 Å². The van der Waals surface area contributed by atoms with Gasteiger partial charge in [0.25, 0.3) is 6.71 Å². The Morgan fingerprint density at radius 3 is 1.54 bits per heavy atom. The van der Waals surface area contributed by atoms with E-state index in [1.54, 1.807) is 0 Å². The van der Waals surface area contributed by atoms with Crippen LogP contribution in [0, 0.1) is 0 Å². The van der Waals surface area contributed by atoms with Gasteiger partial charge in [0.1, 0.15) is 16.7 Å². The molecule has 13 rings (SSSR count). The number of benzene rings is 8. The predicted octanol–water partition coefficient (Wildman–Crippen LogP) is 16.7. The fraction of sp³-hybridized carbons (Fsp3) is 0.242. The molecule has 0 saturated heterocycles. The highest BCUT2D eigenvalue weighted by Crippen LogP contribution is 2.50. The van der Waals surface area contributed by atoms with Crippen LogP contribution in [0.1, 0.15) is 105 Å². The minimum atomic E-state index is -0.125. The highest BCUT2D eigenvalue weighted by molar-refractivity contribution is 7.00. The van der Waals surface area contributed by atoms with Gasteiger partial charge in [-0.25, -0.2) is 0 Å². The highest BCUT2D eigenvalue weighted by Gasteiger charge is 2.45. The van der Waals surface area contributed by atoms with Gasteiger partial charge >= 0.3 is 0 Å². The third-order valence-electron chi connectivity index (χ3n) is 15.8. The Labute approximate surface area is 423 Å². The molecule has 2 aliphatic rings. The first-order valence-electron chi connectivity index (χ1n) is 25.8. The molecule has 0 atom stereocenters. The van der Waals surface area contributed by atoms with E-state index < -0.39 is 0 Å². The summed E-state index contributed by atoms with van der Waals surface area (Å²) < 4.78 is 16.6. The molecule has 0 spiro atoms. The van der Waals surface area contributed by atoms with Gasteiger partial charge < -0.3 is 23.2 Å². The fourth-order valence-corrected chi connectivity index (χ4v) is 11.8. The van der Waals surface area contributed by atoms with E-state index in [1.165, 1.54) is 44.2 Å². The van der Waals surface area contributed by atoms with Crippen LogP contribution in [0.15, 0.2) is 167 Å². The Kier molecular flexibility index (Phi) is 9.30. The lowest BCUT2D eigenvalue weighted by molar-refractivity contribution is 0.590. The van der Waals surface area contributed by atoms with Crippen molar-refractivity contribution in [3.05, 3.63) is 180 Å². The molecule has 72 heavy (non-hydrogen) atoms. The van der Waals surface area contributed by atoms with Gasteiger partial charge in [-0.05, 0) is 133 Å². The van der Waals surface area contributed by atoms with Crippen molar-refractivity contribution in [2.75, 3.05) is 9.80 Å². The molecule has 6 heteroatoms. The van der Waals surface area contributed by atoms with Crippen molar-refractivity contribution in [1.29, 1.82) is 0 Å². The lowest BCUT2D eigenvalue weighted by Crippen LogP contribution is -2.60. The van der Waals surface area contributed by atoms with Gasteiger partial charge in [0.15, 0.2) is 11.2 Å². The molecular weight excluding hydrogens is 878 g/mol. The summed E-state index contributed by atoms with van der Waals surface area (Å²) in [4.78, 5) is 5.01. The molecule has 11 aromatic rings. The van der Waals surface area contributed by atoms with Gasteiger partial charge in [-0.3, -0.25) is 0 Å². The van der Waals surface area contributed by atoms with E-state index in [0.29, 0.717) is 0 Å². The van der Waals surface area contributed by atoms with Crippen molar-refractivity contribution < 1.29 is 8.83 Å². The molecular formula is C66H62BN3O2. The van der Waals surface area contributed by atoms with Gasteiger partial charge in [-0.2, -0.15) is 0 Å². The highest BCUT2D eigenvalue weighted by atomic mass is 16.3. The number of fused-ring (bicyclic) bond motifs is 12. The first-order valence-corrected chi connectivity index (χ1v) is 25.8. The van der Waals surface area contributed by atoms with Crippen LogP contribution in [0.4, 0.5) is 34.1 Å². The predicted molar refractivity (Wildman–Crippen MR) is 307 cm³/mol. The van der Waals surface area contributed by atoms with E-state index in [4.69, 9.17) is 8.83 Å². The molecule has 5 heterocycles. The smallest absolute Gasteiger partial charge is 0.252 e. The first kappa shape index (κ1) is 44.5. The molecule has 3 aromatic heterocycles. The maximum Gasteiger partial charge on any atom is 0.252 e. The zero-order chi connectivity index (χ0) is 50.0. The van der Waals surface area contributed by atoms with Crippen molar-refractivity contribution >= 4 is 112 Å². The molecule has 0 radical (unpaired) electrons. The Hall–Kier alpha value is -7.44. The molecule has 0 amide bonds. The Bertz CT molecular complexity index is 3970. The molecule has 8 aromatic carbocycles. The van der Waals surface area contributed by atoms with Gasteiger partial charge in [0.05, 0.1) is 16.9 Å². The second-order valence-electron chi connectivity index (χ2n) is 24.7. The molecule has 2 aliphatic heterocycles. The summed E-state index contributed by atoms with van der Waals surface area (Å²) in [7, 11) is 0. The second-order valence-corrected chi connectivity index (χ2v) is 24.7. The average Bonchev–Trinajstić information content (AvgIpc) is 4.02. The van der Waals surface area contributed by atoms with Crippen molar-refractivity contribution in [3.8, 4) is 5.69 Å². The number of rotatable bonds is 4. The SMILES string of the molecule is CC(C)(C)c1ccc(N(c2ccc(C(C)(C)C)cc2)c2cc3c4c(c2)-n2c5c(cc(C(C)(C)C)cc5c5oc6ccccc6c52)B4c2ccc(C(C)(C)C)cc2N3c2cccc3c2oc2ccccc23)cc1. The summed E-state index contributed by atoms with van der Waals surface area (Å²) in [5.74, 6) is 0. The molecule has 5 nitrogen and oxygen atoms in total. The largest absolute Gasteiger partial charge is 0.454 e. The van der Waals surface area contributed by atoms with E-state index in [-0.39, 0.29) is 28.4 Å². The van der Waals surface area contributed by atoms with Crippen molar-refractivity contribution in [2.24, 2.45) is 0 Å². The van der Waals surface area contributed by atoms with E-state index in [9.17, 15) is 0 Å². The number of hydrogen-bond donors (Lipinski definition) is 0. The molecule has 0 N–H and O–H groups in total. The summed E-state index contributed by atoms with van der Waals surface area (Å²) in [6, 6.07) is 59.3. The normalized spacial score (nSPS) is 13.8. The zero-order valence-corrected chi connectivity index (χ0v) is 43.7. The van der Waals surface area contributed by atoms with Gasteiger partial charge in [0, 0.05) is 50.0 Å². The van der Waals surface area contributed by atoms with E-state index in [1.807, 2.05) is 0 Å². The molecule has 0 bridgehead atoms. The van der Waals surface area contributed by atoms with Crippen molar-refractivity contribution in [1.82, 2.24) is 4.57 Å². The monoisotopic (exact) mass is 939 g/mol. The number of para-hydroxylation sites is 3. The number of aromatic nitrogens is 1. The fourth-order valence-electron chi connectivity index (χ4n) is 11.8. The van der Waals surface area contributed by atoms with Gasteiger partial charge in [0.2, 0.25) is 0 Å². The van der Waals surface area contributed by atoms with Crippen LogP contribution >= 0.6 is 0 Å². The Balaban J connectivity index is 1.21. The minimum Gasteiger partial charge on any atom is -0.454 e. The van der Waals surface area contributed by atoms with Crippen LogP contribution in [0.2, 0.25) is 0 Å². The van der Waals surface area contributed by atoms with Crippen molar-refractivity contribution in [3.63, 3.8) is 0 Å². The van der Waals surface area contributed by atoms with Crippen LogP contribution in [0.3, 0.4) is 0 Å². The number of furan rings is 2. The Morgan fingerprint density at radius 1 is 0.375 bits per heavy atom. The third kappa shape index (κ3) is 6.60. The van der Waals surface area contributed by atoms with E-state index in [0.717, 1.165) is 89.2 Å². The van der Waals surface area contributed by atoms with Crippen LogP contribution in [-0.2, 0) is 21.7 Å². The lowest BCUT2D eigenvalue weighted by Gasteiger charge is -2.42. The number of anilines is 6. The number of hydrogen-bond acceptors (Lipinski definition) is 4. The van der Waals surface area contributed by atoms with E-state index in [2.05, 4.69) is 255 Å². The quantitative estimate of drug-likeness (QED) is 0.165. The summed E-state index contributed by atoms with van der Waals surface area (Å²) in [6.07, 6.45) is 0.